The van der Waals surface area contributed by atoms with Gasteiger partial charge in [-0.15, -0.1) is 0 Å². The summed E-state index contributed by atoms with van der Waals surface area (Å²) in [5.74, 6) is 0.248. The van der Waals surface area contributed by atoms with Gasteiger partial charge >= 0.3 is 6.03 Å². The van der Waals surface area contributed by atoms with Crippen molar-refractivity contribution in [3.8, 4) is 0 Å². The Labute approximate surface area is 177 Å². The number of nitrogens with zero attached hydrogens (tertiary/aromatic N) is 1. The molecule has 2 aliphatic rings. The fourth-order valence-corrected chi connectivity index (χ4v) is 4.87. The molecule has 6 heteroatoms. The molecule has 2 fully saturated rings. The maximum Gasteiger partial charge on any atom is 0.325 e. The van der Waals surface area contributed by atoms with Crippen molar-refractivity contribution < 1.29 is 14.4 Å². The Morgan fingerprint density at radius 1 is 1.13 bits per heavy atom. The van der Waals surface area contributed by atoms with Crippen molar-refractivity contribution in [2.75, 3.05) is 6.54 Å². The summed E-state index contributed by atoms with van der Waals surface area (Å²) in [6.07, 6.45) is 3.19. The van der Waals surface area contributed by atoms with Crippen LogP contribution >= 0.6 is 0 Å². The number of urea groups is 1. The van der Waals surface area contributed by atoms with Crippen LogP contribution in [0.1, 0.15) is 45.6 Å². The average molecular weight is 408 g/mol. The summed E-state index contributed by atoms with van der Waals surface area (Å²) >= 11 is 0. The molecule has 4 atom stereocenters. The molecular formula is C24H29N3O3. The Hall–Kier alpha value is -2.89. The summed E-state index contributed by atoms with van der Waals surface area (Å²) in [4.78, 5) is 39.7. The Bertz CT molecular complexity index is 999. The van der Waals surface area contributed by atoms with Gasteiger partial charge in [0.05, 0.1) is 0 Å². The predicted molar refractivity (Wildman–Crippen MR) is 116 cm³/mol. The number of hydrogen-bond acceptors (Lipinski definition) is 3. The fourth-order valence-electron chi connectivity index (χ4n) is 4.87. The first-order valence-corrected chi connectivity index (χ1v) is 10.7. The highest BCUT2D eigenvalue weighted by molar-refractivity contribution is 6.10. The minimum atomic E-state index is -1.20. The van der Waals surface area contributed by atoms with Crippen molar-refractivity contribution in [3.05, 3.63) is 48.0 Å². The van der Waals surface area contributed by atoms with Crippen LogP contribution in [0, 0.1) is 11.8 Å². The molecular weight excluding hydrogens is 378 g/mol. The van der Waals surface area contributed by atoms with Gasteiger partial charge in [0.25, 0.3) is 5.91 Å². The van der Waals surface area contributed by atoms with Gasteiger partial charge in [-0.3, -0.25) is 14.5 Å². The highest BCUT2D eigenvalue weighted by atomic mass is 16.2. The topological polar surface area (TPSA) is 78.5 Å². The number of carbonyl (C=O) groups excluding carboxylic acids is 3. The summed E-state index contributed by atoms with van der Waals surface area (Å²) in [5, 5.41) is 7.78. The zero-order chi connectivity index (χ0) is 21.5. The predicted octanol–water partition coefficient (Wildman–Crippen LogP) is 3.55. The van der Waals surface area contributed by atoms with Crippen LogP contribution in [0.15, 0.2) is 42.5 Å². The quantitative estimate of drug-likeness (QED) is 0.761. The molecule has 30 heavy (non-hydrogen) atoms. The number of rotatable bonds is 4. The molecule has 4 rings (SSSR count). The second-order valence-electron chi connectivity index (χ2n) is 8.91. The van der Waals surface area contributed by atoms with E-state index in [-0.39, 0.29) is 18.5 Å². The lowest BCUT2D eigenvalue weighted by molar-refractivity contribution is -0.135. The van der Waals surface area contributed by atoms with E-state index in [1.54, 1.807) is 6.92 Å². The van der Waals surface area contributed by atoms with Gasteiger partial charge in [0.15, 0.2) is 0 Å². The number of nitrogens with one attached hydrogen (secondary N) is 2. The Morgan fingerprint density at radius 2 is 1.87 bits per heavy atom. The number of hydrogen-bond donors (Lipinski definition) is 2. The van der Waals surface area contributed by atoms with Gasteiger partial charge < -0.3 is 10.6 Å². The standard InChI is InChI=1S/C24H29N3O3/c1-15-8-6-13-20(16(15)2)25-21(28)14-27-22(29)24(3,26-23(27)30)19-12-7-10-17-9-4-5-11-18(17)19/h4-5,7,9-12,15-16,20H,6,8,13-14H2,1-3H3,(H,25,28)(H,26,30)/t15-,16+,20-,24+/m0/s1. The first kappa shape index (κ1) is 20.4. The minimum Gasteiger partial charge on any atom is -0.352 e. The van der Waals surface area contributed by atoms with E-state index in [9.17, 15) is 14.4 Å². The Balaban J connectivity index is 1.53. The number of fused-ring (bicyclic) bond motifs is 1. The van der Waals surface area contributed by atoms with E-state index in [1.807, 2.05) is 42.5 Å². The summed E-state index contributed by atoms with van der Waals surface area (Å²) in [5.41, 5.74) is -0.471. The van der Waals surface area contributed by atoms with Crippen LogP contribution in [0.5, 0.6) is 0 Å². The molecule has 1 aliphatic carbocycles. The third-order valence-electron chi connectivity index (χ3n) is 6.96. The average Bonchev–Trinajstić information content (AvgIpc) is 2.95. The SMILES string of the molecule is C[C@H]1[C@@H](NC(=O)CN2C(=O)N[C@](C)(c3cccc4ccccc34)C2=O)CCC[C@@H]1C. The van der Waals surface area contributed by atoms with Gasteiger partial charge in [-0.2, -0.15) is 0 Å². The zero-order valence-corrected chi connectivity index (χ0v) is 17.8. The largest absolute Gasteiger partial charge is 0.352 e. The lowest BCUT2D eigenvalue weighted by Gasteiger charge is -2.34. The van der Waals surface area contributed by atoms with Crippen LogP contribution in [0.25, 0.3) is 10.8 Å². The van der Waals surface area contributed by atoms with Crippen molar-refractivity contribution >= 4 is 28.6 Å². The summed E-state index contributed by atoms with van der Waals surface area (Å²) in [6.45, 7) is 5.80. The van der Waals surface area contributed by atoms with Crippen molar-refractivity contribution in [1.82, 2.24) is 15.5 Å². The van der Waals surface area contributed by atoms with Crippen molar-refractivity contribution in [1.29, 1.82) is 0 Å². The minimum absolute atomic E-state index is 0.0893. The maximum absolute atomic E-state index is 13.3. The van der Waals surface area contributed by atoms with Crippen molar-refractivity contribution in [3.63, 3.8) is 0 Å². The second-order valence-corrected chi connectivity index (χ2v) is 8.91. The molecule has 1 aliphatic heterocycles. The summed E-state index contributed by atoms with van der Waals surface area (Å²) in [6, 6.07) is 13.0. The summed E-state index contributed by atoms with van der Waals surface area (Å²) < 4.78 is 0. The summed E-state index contributed by atoms with van der Waals surface area (Å²) in [7, 11) is 0. The van der Waals surface area contributed by atoms with E-state index in [0.717, 1.165) is 34.1 Å². The number of benzene rings is 2. The first-order chi connectivity index (χ1) is 14.3. The molecule has 1 saturated carbocycles. The molecule has 0 bridgehead atoms. The number of amides is 4. The molecule has 0 radical (unpaired) electrons. The van der Waals surface area contributed by atoms with Crippen LogP contribution in [-0.2, 0) is 15.1 Å². The highest BCUT2D eigenvalue weighted by Crippen LogP contribution is 2.34. The second kappa shape index (κ2) is 7.74. The van der Waals surface area contributed by atoms with Gasteiger partial charge in [-0.25, -0.2) is 4.79 Å². The van der Waals surface area contributed by atoms with Crippen LogP contribution in [0.3, 0.4) is 0 Å². The van der Waals surface area contributed by atoms with Crippen LogP contribution in [0.4, 0.5) is 4.79 Å². The zero-order valence-electron chi connectivity index (χ0n) is 17.8. The lowest BCUT2D eigenvalue weighted by Crippen LogP contribution is -2.49. The molecule has 2 aromatic rings. The maximum atomic E-state index is 13.3. The van der Waals surface area contributed by atoms with Gasteiger partial charge in [0.1, 0.15) is 12.1 Å². The number of carbonyl (C=O) groups is 3. The smallest absolute Gasteiger partial charge is 0.325 e. The molecule has 1 saturated heterocycles. The van der Waals surface area contributed by atoms with E-state index < -0.39 is 17.5 Å². The molecule has 0 aromatic heterocycles. The van der Waals surface area contributed by atoms with E-state index in [1.165, 1.54) is 6.42 Å². The monoisotopic (exact) mass is 407 g/mol. The van der Waals surface area contributed by atoms with E-state index >= 15 is 0 Å². The lowest BCUT2D eigenvalue weighted by atomic mass is 9.78. The van der Waals surface area contributed by atoms with Gasteiger partial charge in [-0.05, 0) is 41.5 Å². The van der Waals surface area contributed by atoms with Crippen molar-refractivity contribution in [2.24, 2.45) is 11.8 Å². The third kappa shape index (κ3) is 3.44. The van der Waals surface area contributed by atoms with E-state index in [2.05, 4.69) is 24.5 Å². The first-order valence-electron chi connectivity index (χ1n) is 10.7. The van der Waals surface area contributed by atoms with Crippen LogP contribution < -0.4 is 10.6 Å². The van der Waals surface area contributed by atoms with Crippen molar-refractivity contribution in [2.45, 2.75) is 51.6 Å². The Morgan fingerprint density at radius 3 is 2.67 bits per heavy atom. The Kier molecular flexibility index (Phi) is 5.26. The number of imide groups is 1. The van der Waals surface area contributed by atoms with Gasteiger partial charge in [0.2, 0.25) is 5.91 Å². The van der Waals surface area contributed by atoms with E-state index in [4.69, 9.17) is 0 Å². The normalized spacial score (nSPS) is 29.2. The van der Waals surface area contributed by atoms with Crippen LogP contribution in [0.2, 0.25) is 0 Å². The molecule has 2 aromatic carbocycles. The van der Waals surface area contributed by atoms with Gasteiger partial charge in [-0.1, -0.05) is 69.2 Å². The molecule has 0 spiro atoms. The molecule has 1 heterocycles. The fraction of sp³-hybridized carbons (Fsp3) is 0.458. The highest BCUT2D eigenvalue weighted by Gasteiger charge is 2.50. The molecule has 0 unspecified atom stereocenters. The molecule has 158 valence electrons. The molecule has 2 N–H and O–H groups in total. The molecule has 6 nitrogen and oxygen atoms in total. The molecule has 4 amide bonds. The van der Waals surface area contributed by atoms with E-state index in [0.29, 0.717) is 11.8 Å². The van der Waals surface area contributed by atoms with Crippen LogP contribution in [-0.4, -0.2) is 35.3 Å². The van der Waals surface area contributed by atoms with Gasteiger partial charge in [0, 0.05) is 6.04 Å². The third-order valence-corrected chi connectivity index (χ3v) is 6.96.